The van der Waals surface area contributed by atoms with E-state index in [1.165, 1.54) is 110 Å². The second-order valence-electron chi connectivity index (χ2n) is 29.1. The first-order valence-electron chi connectivity index (χ1n) is 40.4. The van der Waals surface area contributed by atoms with E-state index in [2.05, 4.69) is 146 Å². The van der Waals surface area contributed by atoms with Crippen molar-refractivity contribution in [3.8, 4) is 34.1 Å². The summed E-state index contributed by atoms with van der Waals surface area (Å²) in [6.07, 6.45) is 23.5. The van der Waals surface area contributed by atoms with Gasteiger partial charge in [0.05, 0.1) is 130 Å². The molecule has 0 saturated carbocycles. The molecule has 3 saturated heterocycles. The van der Waals surface area contributed by atoms with Gasteiger partial charge in [-0.25, -0.2) is 106 Å². The number of anilines is 10. The highest BCUT2D eigenvalue weighted by atomic mass is 19.2. The summed E-state index contributed by atoms with van der Waals surface area (Å²) in [5.74, 6) is -0.295. The third kappa shape index (κ3) is 18.8. The third-order valence-electron chi connectivity index (χ3n) is 20.9. The van der Waals surface area contributed by atoms with Crippen molar-refractivity contribution in [2.75, 3.05) is 121 Å². The zero-order chi connectivity index (χ0) is 89.7. The number of halogens is 3. The quantitative estimate of drug-likeness (QED) is 0.0582. The third-order valence-corrected chi connectivity index (χ3v) is 20.9. The number of nitrogens with zero attached hydrogens (tertiary/aromatic N) is 27. The van der Waals surface area contributed by atoms with Gasteiger partial charge in [0, 0.05) is 85.9 Å². The Kier molecular flexibility index (Phi) is 24.9. The molecule has 0 spiro atoms. The summed E-state index contributed by atoms with van der Waals surface area (Å²) < 4.78 is 59.5. The van der Waals surface area contributed by atoms with Crippen LogP contribution < -0.4 is 60.4 Å². The van der Waals surface area contributed by atoms with Crippen LogP contribution in [0.4, 0.5) is 75.6 Å². The first kappa shape index (κ1) is 84.6. The van der Waals surface area contributed by atoms with Gasteiger partial charge in [-0.3, -0.25) is 9.59 Å². The minimum absolute atomic E-state index is 0.141. The van der Waals surface area contributed by atoms with Crippen molar-refractivity contribution in [3.05, 3.63) is 266 Å². The lowest BCUT2D eigenvalue weighted by molar-refractivity contribution is 0.0564. The summed E-state index contributed by atoms with van der Waals surface area (Å²) in [6, 6.07) is 43.0. The molecule has 15 N–H and O–H groups in total. The Bertz CT molecular complexity index is 7210. The molecule has 654 valence electrons. The number of pyridine rings is 1. The molecule has 130 heavy (non-hydrogen) atoms. The van der Waals surface area contributed by atoms with E-state index in [1.54, 1.807) is 85.1 Å². The number of hydrogen-bond acceptors (Lipinski definition) is 31. The van der Waals surface area contributed by atoms with E-state index in [0.717, 1.165) is 90.7 Å². The van der Waals surface area contributed by atoms with Gasteiger partial charge in [-0.05, 0) is 135 Å². The Hall–Kier alpha value is -17.6. The minimum atomic E-state index is -0.946. The number of H-pyrrole nitrogens is 1. The molecule has 0 bridgehead atoms. The van der Waals surface area contributed by atoms with Crippen LogP contribution in [0.15, 0.2) is 238 Å². The van der Waals surface area contributed by atoms with Crippen LogP contribution in [0.5, 0.6) is 0 Å². The molecule has 44 heteroatoms. The fourth-order valence-corrected chi connectivity index (χ4v) is 14.3. The number of carbonyl (C=O) groups is 2. The number of nitrogen functional groups attached to an aromatic ring is 6. The van der Waals surface area contributed by atoms with Crippen molar-refractivity contribution in [3.63, 3.8) is 0 Å². The monoisotopic (exact) mass is 1750 g/mol. The Morgan fingerprint density at radius 1 is 0.338 bits per heavy atom. The van der Waals surface area contributed by atoms with E-state index in [1.807, 2.05) is 53.2 Å². The standard InChI is InChI=1S/C18H13FN6O.C16H17N7O2.C16H18N6.C15H16N6O.C11H7F2N5.C10H8N6O/c19-12-6-4-11(5-7-12)18(26)24-13-2-1-3-14(8-13)25-17-15(9-23-25)16(20)21-10-22-17;17-14-13-9-20-23(15(13)19-10-18-14)12-3-1-2-11(8-12)21-16(24)22-4-6-25-7-5-22;17-15-14-10-20-22(16(14)19-11-18-15)13-6-4-5-12(9-13)21-7-2-1-3-8-21;16-14-13-9-19-21(15(13)18-10-17-14)12-3-1-2-11(8-12)20-4-6-22-7-5-20;12-8-2-1-6(3-9(8)13)18-11-7(4-17-18)10(14)15-5-16-11;11-9-7-4-15-16(10(7)14-5-13-9)6-1-2-12-8(17)3-6/h1-10H,(H,24,26)(H2,20,21,22);1-3,8-10H,4-7H2,(H,21,24)(H2,17,18,19);4-6,9-11H,1-3,7-8H2,(H2,17,18,19);1-3,8-10H,4-7H2,(H2,16,17,18);1-5H,(H2,14,15,16);1-5H,(H,12,17)(H2,11,13,14). The number of fused-ring (bicyclic) bond motifs is 6. The highest BCUT2D eigenvalue weighted by Gasteiger charge is 2.22. The van der Waals surface area contributed by atoms with Gasteiger partial charge in [-0.2, -0.15) is 30.6 Å². The van der Waals surface area contributed by atoms with Gasteiger partial charge in [0.25, 0.3) is 5.91 Å². The molecule has 6 aromatic carbocycles. The predicted molar refractivity (Wildman–Crippen MR) is 482 cm³/mol. The maximum absolute atomic E-state index is 13.2. The van der Waals surface area contributed by atoms with Gasteiger partial charge in [0.2, 0.25) is 5.56 Å². The van der Waals surface area contributed by atoms with Crippen molar-refractivity contribution in [2.45, 2.75) is 19.3 Å². The van der Waals surface area contributed by atoms with Crippen LogP contribution >= 0.6 is 0 Å². The number of urea groups is 1. The molecule has 0 atom stereocenters. The summed E-state index contributed by atoms with van der Waals surface area (Å²) >= 11 is 0. The number of amides is 3. The van der Waals surface area contributed by atoms with E-state index in [0.29, 0.717) is 139 Å². The zero-order valence-corrected chi connectivity index (χ0v) is 68.8. The summed E-state index contributed by atoms with van der Waals surface area (Å²) in [4.78, 5) is 93.7. The molecule has 41 nitrogen and oxygen atoms in total. The number of morpholine rings is 2. The fraction of sp³-hybridized carbons (Fsp3) is 0.151. The summed E-state index contributed by atoms with van der Waals surface area (Å²) in [6.45, 7) is 7.88. The molecule has 0 unspecified atom stereocenters. The van der Waals surface area contributed by atoms with Crippen LogP contribution in [0.25, 0.3) is 100 Å². The lowest BCUT2D eigenvalue weighted by Crippen LogP contribution is -2.43. The van der Waals surface area contributed by atoms with Gasteiger partial charge in [-0.15, -0.1) is 0 Å². The number of ether oxygens (including phenoxy) is 2. The van der Waals surface area contributed by atoms with Crippen LogP contribution in [0, 0.1) is 17.5 Å². The van der Waals surface area contributed by atoms with E-state index < -0.39 is 17.5 Å². The van der Waals surface area contributed by atoms with E-state index in [9.17, 15) is 27.6 Å². The van der Waals surface area contributed by atoms with Crippen molar-refractivity contribution in [1.82, 2.24) is 128 Å². The van der Waals surface area contributed by atoms with Gasteiger partial charge >= 0.3 is 6.03 Å². The summed E-state index contributed by atoms with van der Waals surface area (Å²) in [7, 11) is 0. The molecule has 3 aliphatic rings. The largest absolute Gasteiger partial charge is 0.383 e. The van der Waals surface area contributed by atoms with Crippen molar-refractivity contribution < 1.29 is 32.2 Å². The van der Waals surface area contributed by atoms with Crippen LogP contribution in [0.1, 0.15) is 29.6 Å². The number of hydrogen-bond donors (Lipinski definition) is 9. The molecule has 0 radical (unpaired) electrons. The van der Waals surface area contributed by atoms with Crippen LogP contribution in [0.3, 0.4) is 0 Å². The highest BCUT2D eigenvalue weighted by molar-refractivity contribution is 6.04. The molecule has 3 amide bonds. The summed E-state index contributed by atoms with van der Waals surface area (Å²) in [5.41, 5.74) is 46.7. The lowest BCUT2D eigenvalue weighted by Gasteiger charge is -2.29. The molecule has 22 rings (SSSR count). The SMILES string of the molecule is Nc1ncnc2c1cnn2-c1cc[nH]c(=O)c1.Nc1ncnc2c1cnn2-c1ccc(F)c(F)c1.Nc1ncnc2c1cnn2-c1cccc(N2CCCCC2)c1.Nc1ncnc2c1cnn2-c1cccc(N2CCOCC2)c1.Nc1ncnc2c1cnn2-c1cccc(NC(=O)N2CCOCC2)c1.Nc1ncnc2c1cnn2-c1cccc(NC(=O)c2ccc(F)cc2)c1. The van der Waals surface area contributed by atoms with Crippen molar-refractivity contribution >= 4 is 136 Å². The Balaban J connectivity index is 0.000000110. The zero-order valence-electron chi connectivity index (χ0n) is 68.8. The van der Waals surface area contributed by atoms with E-state index in [4.69, 9.17) is 43.9 Å². The minimum Gasteiger partial charge on any atom is -0.383 e. The van der Waals surface area contributed by atoms with E-state index >= 15 is 0 Å². The van der Waals surface area contributed by atoms with Crippen molar-refractivity contribution in [1.29, 1.82) is 0 Å². The van der Waals surface area contributed by atoms with Crippen molar-refractivity contribution in [2.24, 2.45) is 0 Å². The van der Waals surface area contributed by atoms with Gasteiger partial charge < -0.3 is 74.2 Å². The maximum Gasteiger partial charge on any atom is 0.322 e. The van der Waals surface area contributed by atoms with Crippen LogP contribution in [-0.2, 0) is 9.47 Å². The first-order chi connectivity index (χ1) is 63.4. The average Bonchev–Trinajstić information content (AvgIpc) is 1.66. The smallest absolute Gasteiger partial charge is 0.322 e. The Morgan fingerprint density at radius 3 is 1.06 bits per heavy atom. The molecule has 13 aromatic heterocycles. The molecular formula is C86H79F3N36O5. The summed E-state index contributed by atoms with van der Waals surface area (Å²) in [5, 5.41) is 35.4. The van der Waals surface area contributed by atoms with Crippen LogP contribution in [-0.4, -0.2) is 206 Å². The average molecular weight is 1750 g/mol. The Morgan fingerprint density at radius 2 is 0.677 bits per heavy atom. The normalized spacial score (nSPS) is 13.1. The number of benzene rings is 6. The number of aromatic nitrogens is 25. The number of carbonyl (C=O) groups excluding carboxylic acids is 2. The first-order valence-corrected chi connectivity index (χ1v) is 40.4. The molecule has 16 heterocycles. The fourth-order valence-electron chi connectivity index (χ4n) is 14.3. The molecule has 3 fully saturated rings. The highest BCUT2D eigenvalue weighted by Crippen LogP contribution is 2.31. The Labute approximate surface area is 733 Å². The topological polar surface area (TPSA) is 537 Å². The van der Waals surface area contributed by atoms with Crippen LogP contribution in [0.2, 0.25) is 0 Å². The number of piperidine rings is 1. The van der Waals surface area contributed by atoms with Gasteiger partial charge in [0.15, 0.2) is 45.5 Å². The molecule has 19 aromatic rings. The number of aromatic amines is 1. The maximum atomic E-state index is 13.2. The number of nitrogens with two attached hydrogens (primary N) is 6. The molecule has 0 aliphatic carbocycles. The molecular weight excluding hydrogens is 1670 g/mol. The van der Waals surface area contributed by atoms with E-state index in [-0.39, 0.29) is 23.3 Å². The lowest BCUT2D eigenvalue weighted by atomic mass is 10.1. The second kappa shape index (κ2) is 38.3. The van der Waals surface area contributed by atoms with Gasteiger partial charge in [0.1, 0.15) is 78.7 Å². The molecule has 3 aliphatic heterocycles. The predicted octanol–water partition coefficient (Wildman–Crippen LogP) is 9.44. The number of rotatable bonds is 11. The van der Waals surface area contributed by atoms with Gasteiger partial charge in [-0.1, -0.05) is 24.3 Å². The number of nitrogens with one attached hydrogen (secondary N) is 3. The second-order valence-corrected chi connectivity index (χ2v) is 29.1.